The van der Waals surface area contributed by atoms with Gasteiger partial charge in [-0.2, -0.15) is 9.61 Å². The minimum Gasteiger partial charge on any atom is -0.370 e. The van der Waals surface area contributed by atoms with Crippen LogP contribution in [0, 0.1) is 5.92 Å². The molecule has 4 heterocycles. The Morgan fingerprint density at radius 3 is 2.82 bits per heavy atom. The Bertz CT molecular complexity index is 1240. The molecular formula is C23H30BN5O2S2. The van der Waals surface area contributed by atoms with Crippen LogP contribution in [-0.2, 0) is 10.0 Å². The maximum Gasteiger partial charge on any atom is 0.227 e. The maximum absolute atomic E-state index is 12.9. The summed E-state index contributed by atoms with van der Waals surface area (Å²) >= 11 is 1.42. The molecule has 174 valence electrons. The average Bonchev–Trinajstić information content (AvgIpc) is 3.49. The SMILES string of the molecule is Bc1cnn2c(NCC3CCN(S(=O)(=O)C4CC=CS4)CC3)cc(C3=C(C)CCC=C3)nc12. The number of sulfonamides is 1. The van der Waals surface area contributed by atoms with E-state index in [9.17, 15) is 8.42 Å². The lowest BCUT2D eigenvalue weighted by atomic mass is 9.96. The number of aromatic nitrogens is 3. The van der Waals surface area contributed by atoms with E-state index in [1.54, 1.807) is 4.31 Å². The van der Waals surface area contributed by atoms with Crippen LogP contribution in [-0.4, -0.2) is 59.4 Å². The fourth-order valence-electron chi connectivity index (χ4n) is 4.76. The number of fused-ring (bicyclic) bond motifs is 1. The van der Waals surface area contributed by atoms with Crippen LogP contribution in [0.5, 0.6) is 0 Å². The smallest absolute Gasteiger partial charge is 0.227 e. The quantitative estimate of drug-likeness (QED) is 0.637. The highest BCUT2D eigenvalue weighted by atomic mass is 32.3. The molecule has 0 bridgehead atoms. The monoisotopic (exact) mass is 483 g/mol. The highest BCUT2D eigenvalue weighted by Gasteiger charge is 2.35. The number of nitrogens with zero attached hydrogens (tertiary/aromatic N) is 4. The first-order chi connectivity index (χ1) is 15.9. The van der Waals surface area contributed by atoms with Crippen molar-refractivity contribution in [2.45, 2.75) is 43.6 Å². The summed E-state index contributed by atoms with van der Waals surface area (Å²) in [6.07, 6.45) is 12.7. The molecule has 1 fully saturated rings. The number of hydrogen-bond donors (Lipinski definition) is 1. The first kappa shape index (κ1) is 22.7. The normalized spacial score (nSPS) is 22.5. The highest BCUT2D eigenvalue weighted by Crippen LogP contribution is 2.33. The molecule has 33 heavy (non-hydrogen) atoms. The van der Waals surface area contributed by atoms with Crippen LogP contribution in [0.1, 0.15) is 44.7 Å². The Labute approximate surface area is 200 Å². The van der Waals surface area contributed by atoms with Crippen LogP contribution < -0.4 is 10.8 Å². The van der Waals surface area contributed by atoms with Crippen molar-refractivity contribution in [3.8, 4) is 0 Å². The molecule has 0 aromatic carbocycles. The summed E-state index contributed by atoms with van der Waals surface area (Å²) in [6, 6.07) is 2.10. The van der Waals surface area contributed by atoms with E-state index in [4.69, 9.17) is 4.98 Å². The standard InChI is InChI=1S/C23H30BN5O2S2/c1-16-5-2-3-6-18(16)20-13-21(29-23(27-20)19(24)15-26-29)25-14-17-8-10-28(11-9-17)33(30,31)22-7-4-12-32-22/h3-4,6,12-13,15,17,22,25H,2,5,7-11,14,24H2,1H3. The lowest BCUT2D eigenvalue weighted by molar-refractivity contribution is 0.281. The zero-order chi connectivity index (χ0) is 23.0. The van der Waals surface area contributed by atoms with Gasteiger partial charge in [-0.1, -0.05) is 23.8 Å². The van der Waals surface area contributed by atoms with E-state index in [1.807, 2.05) is 30.0 Å². The number of thioether (sulfide) groups is 1. The molecule has 0 saturated carbocycles. The highest BCUT2D eigenvalue weighted by molar-refractivity contribution is 8.14. The van der Waals surface area contributed by atoms with Crippen LogP contribution in [0.25, 0.3) is 11.2 Å². The topological polar surface area (TPSA) is 79.6 Å². The molecule has 1 unspecified atom stereocenters. The molecule has 0 amide bonds. The van der Waals surface area contributed by atoms with E-state index < -0.39 is 10.0 Å². The van der Waals surface area contributed by atoms with Crippen molar-refractivity contribution >= 4 is 52.1 Å². The van der Waals surface area contributed by atoms with E-state index >= 15 is 0 Å². The van der Waals surface area contributed by atoms with Gasteiger partial charge in [0, 0.05) is 31.9 Å². The second-order valence-electron chi connectivity index (χ2n) is 9.17. The molecule has 10 heteroatoms. The fraction of sp³-hybridized carbons (Fsp3) is 0.478. The number of allylic oxidation sites excluding steroid dienone is 5. The largest absolute Gasteiger partial charge is 0.370 e. The van der Waals surface area contributed by atoms with Gasteiger partial charge in [-0.05, 0) is 61.4 Å². The summed E-state index contributed by atoms with van der Waals surface area (Å²) < 4.78 is 28.9. The van der Waals surface area contributed by atoms with Crippen molar-refractivity contribution in [3.63, 3.8) is 0 Å². The van der Waals surface area contributed by atoms with Gasteiger partial charge in [0.1, 0.15) is 18.2 Å². The van der Waals surface area contributed by atoms with Crippen LogP contribution in [0.3, 0.4) is 0 Å². The predicted molar refractivity (Wildman–Crippen MR) is 139 cm³/mol. The van der Waals surface area contributed by atoms with Crippen molar-refractivity contribution in [3.05, 3.63) is 47.2 Å². The van der Waals surface area contributed by atoms with Gasteiger partial charge < -0.3 is 5.32 Å². The first-order valence-corrected chi connectivity index (χ1v) is 14.1. The van der Waals surface area contributed by atoms with Crippen molar-refractivity contribution in [1.29, 1.82) is 0 Å². The number of piperidine rings is 1. The molecule has 1 N–H and O–H groups in total. The van der Waals surface area contributed by atoms with Crippen LogP contribution in [0.2, 0.25) is 0 Å². The third kappa shape index (κ3) is 4.52. The van der Waals surface area contributed by atoms with Gasteiger partial charge in [0.05, 0.1) is 5.69 Å². The average molecular weight is 483 g/mol. The minimum atomic E-state index is -3.22. The molecule has 2 aromatic rings. The number of anilines is 1. The molecule has 3 aliphatic rings. The second-order valence-corrected chi connectivity index (χ2v) is 12.7. The van der Waals surface area contributed by atoms with Gasteiger partial charge in [0.2, 0.25) is 10.0 Å². The Balaban J connectivity index is 1.29. The second kappa shape index (κ2) is 9.31. The molecular weight excluding hydrogens is 453 g/mol. The lowest BCUT2D eigenvalue weighted by Gasteiger charge is -2.33. The molecule has 1 atom stereocenters. The van der Waals surface area contributed by atoms with Gasteiger partial charge in [0.25, 0.3) is 0 Å². The van der Waals surface area contributed by atoms with Gasteiger partial charge in [-0.15, -0.1) is 11.8 Å². The first-order valence-electron chi connectivity index (χ1n) is 11.7. The van der Waals surface area contributed by atoms with Crippen LogP contribution in [0.15, 0.2) is 41.5 Å². The maximum atomic E-state index is 12.9. The number of rotatable bonds is 6. The molecule has 2 aliphatic heterocycles. The lowest BCUT2D eigenvalue weighted by Crippen LogP contribution is -2.43. The molecule has 5 rings (SSSR count). The summed E-state index contributed by atoms with van der Waals surface area (Å²) in [5.41, 5.74) is 5.46. The van der Waals surface area contributed by atoms with Crippen molar-refractivity contribution in [2.24, 2.45) is 5.92 Å². The third-order valence-corrected chi connectivity index (χ3v) is 10.7. The number of nitrogens with one attached hydrogen (secondary N) is 1. The molecule has 0 radical (unpaired) electrons. The Hall–Kier alpha value is -2.04. The van der Waals surface area contributed by atoms with Crippen molar-refractivity contribution < 1.29 is 8.42 Å². The zero-order valence-electron chi connectivity index (χ0n) is 19.2. The number of hydrogen-bond acceptors (Lipinski definition) is 6. The zero-order valence-corrected chi connectivity index (χ0v) is 20.8. The Kier molecular flexibility index (Phi) is 6.42. The molecule has 0 spiro atoms. The van der Waals surface area contributed by atoms with Crippen molar-refractivity contribution in [1.82, 2.24) is 18.9 Å². The predicted octanol–water partition coefficient (Wildman–Crippen LogP) is 2.54. The summed E-state index contributed by atoms with van der Waals surface area (Å²) in [4.78, 5) is 4.91. The van der Waals surface area contributed by atoms with E-state index in [0.717, 1.165) is 54.8 Å². The summed E-state index contributed by atoms with van der Waals surface area (Å²) in [6.45, 7) is 4.17. The fourth-order valence-corrected chi connectivity index (χ4v) is 7.90. The minimum absolute atomic E-state index is 0.342. The van der Waals surface area contributed by atoms with Gasteiger partial charge in [-0.25, -0.2) is 17.7 Å². The summed E-state index contributed by atoms with van der Waals surface area (Å²) in [5, 5.41) is 10.0. The van der Waals surface area contributed by atoms with E-state index in [1.165, 1.54) is 22.9 Å². The molecule has 2 aromatic heterocycles. The third-order valence-electron chi connectivity index (χ3n) is 6.85. The van der Waals surface area contributed by atoms with Crippen molar-refractivity contribution in [2.75, 3.05) is 25.0 Å². The summed E-state index contributed by atoms with van der Waals surface area (Å²) in [5.74, 6) is 1.36. The van der Waals surface area contributed by atoms with Gasteiger partial charge >= 0.3 is 0 Å². The summed E-state index contributed by atoms with van der Waals surface area (Å²) in [7, 11) is -1.19. The molecule has 1 aliphatic carbocycles. The molecule has 1 saturated heterocycles. The van der Waals surface area contributed by atoms with E-state index in [2.05, 4.69) is 35.6 Å². The van der Waals surface area contributed by atoms with Crippen LogP contribution in [0.4, 0.5) is 5.82 Å². The van der Waals surface area contributed by atoms with E-state index in [0.29, 0.717) is 25.4 Å². The Morgan fingerprint density at radius 1 is 1.27 bits per heavy atom. The van der Waals surface area contributed by atoms with Crippen LogP contribution >= 0.6 is 11.8 Å². The molecule has 7 nitrogen and oxygen atoms in total. The Morgan fingerprint density at radius 2 is 2.09 bits per heavy atom. The van der Waals surface area contributed by atoms with Gasteiger partial charge in [0.15, 0.2) is 5.65 Å². The van der Waals surface area contributed by atoms with Gasteiger partial charge in [-0.3, -0.25) is 0 Å². The van der Waals surface area contributed by atoms with E-state index in [-0.39, 0.29) is 4.58 Å².